The first-order valence-corrected chi connectivity index (χ1v) is 6.25. The maximum atomic E-state index is 12.2. The molecule has 1 amide bonds. The smallest absolute Gasteiger partial charge is 0.432 e. The van der Waals surface area contributed by atoms with Crippen LogP contribution in [0.4, 0.5) is 24.5 Å². The predicted octanol–water partition coefficient (Wildman–Crippen LogP) is 2.05. The molecule has 0 radical (unpaired) electrons. The standard InChI is InChI=1S/C12H14BF3N2O2/c1-13(20)18-6-2-3-8-7-9(4-5-10(8)18)17-11(19)12(14,15)16/h4-5,7,20H,2-3,6H2,1H3,(H,17,19). The Morgan fingerprint density at radius 2 is 2.15 bits per heavy atom. The zero-order valence-corrected chi connectivity index (χ0v) is 10.9. The second-order valence-corrected chi connectivity index (χ2v) is 4.72. The molecular formula is C12H14BF3N2O2. The lowest BCUT2D eigenvalue weighted by atomic mass is 9.81. The molecule has 1 heterocycles. The average molecular weight is 286 g/mol. The molecule has 0 bridgehead atoms. The van der Waals surface area contributed by atoms with Gasteiger partial charge in [0.25, 0.3) is 0 Å². The molecule has 1 aliphatic rings. The van der Waals surface area contributed by atoms with Crippen LogP contribution in [0.15, 0.2) is 18.2 Å². The van der Waals surface area contributed by atoms with Crippen LogP contribution >= 0.6 is 0 Å². The number of nitrogens with one attached hydrogen (secondary N) is 1. The van der Waals surface area contributed by atoms with Crippen molar-refractivity contribution in [1.82, 2.24) is 0 Å². The Hall–Kier alpha value is -1.70. The summed E-state index contributed by atoms with van der Waals surface area (Å²) in [6.07, 6.45) is -3.40. The van der Waals surface area contributed by atoms with Gasteiger partial charge < -0.3 is 15.2 Å². The van der Waals surface area contributed by atoms with Gasteiger partial charge in [-0.05, 0) is 43.4 Å². The minimum absolute atomic E-state index is 0.110. The van der Waals surface area contributed by atoms with E-state index < -0.39 is 19.1 Å². The highest BCUT2D eigenvalue weighted by Gasteiger charge is 2.38. The van der Waals surface area contributed by atoms with Crippen molar-refractivity contribution in [3.05, 3.63) is 23.8 Å². The van der Waals surface area contributed by atoms with Crippen molar-refractivity contribution in [1.29, 1.82) is 0 Å². The molecule has 20 heavy (non-hydrogen) atoms. The predicted molar refractivity (Wildman–Crippen MR) is 70.6 cm³/mol. The van der Waals surface area contributed by atoms with Crippen molar-refractivity contribution in [3.63, 3.8) is 0 Å². The molecule has 0 saturated carbocycles. The molecule has 0 saturated heterocycles. The molecule has 0 spiro atoms. The van der Waals surface area contributed by atoms with E-state index in [1.54, 1.807) is 17.7 Å². The lowest BCUT2D eigenvalue weighted by Gasteiger charge is -2.32. The summed E-state index contributed by atoms with van der Waals surface area (Å²) < 4.78 is 36.6. The van der Waals surface area contributed by atoms with Crippen LogP contribution in [0.25, 0.3) is 0 Å². The van der Waals surface area contributed by atoms with E-state index in [0.29, 0.717) is 13.0 Å². The van der Waals surface area contributed by atoms with Crippen LogP contribution in [0.5, 0.6) is 0 Å². The number of anilines is 2. The third-order valence-corrected chi connectivity index (χ3v) is 3.20. The topological polar surface area (TPSA) is 52.6 Å². The number of carbonyl (C=O) groups is 1. The zero-order chi connectivity index (χ0) is 14.9. The molecule has 0 atom stereocenters. The van der Waals surface area contributed by atoms with E-state index in [4.69, 9.17) is 0 Å². The lowest BCUT2D eigenvalue weighted by molar-refractivity contribution is -0.167. The summed E-state index contributed by atoms with van der Waals surface area (Å²) in [5, 5.41) is 11.5. The quantitative estimate of drug-likeness (QED) is 0.818. The van der Waals surface area contributed by atoms with Gasteiger partial charge in [-0.2, -0.15) is 13.2 Å². The summed E-state index contributed by atoms with van der Waals surface area (Å²) >= 11 is 0. The van der Waals surface area contributed by atoms with Gasteiger partial charge in [0.05, 0.1) is 0 Å². The zero-order valence-electron chi connectivity index (χ0n) is 10.9. The molecule has 1 aromatic rings. The molecule has 2 N–H and O–H groups in total. The number of benzene rings is 1. The SMILES string of the molecule is CB(O)N1CCCc2cc(NC(=O)C(F)(F)F)ccc21. The Morgan fingerprint density at radius 1 is 1.45 bits per heavy atom. The number of alkyl halides is 3. The Morgan fingerprint density at radius 3 is 2.75 bits per heavy atom. The normalized spacial score (nSPS) is 14.8. The number of carbonyl (C=O) groups excluding carboxylic acids is 1. The number of rotatable bonds is 2. The summed E-state index contributed by atoms with van der Waals surface area (Å²) in [5.74, 6) is -1.99. The third-order valence-electron chi connectivity index (χ3n) is 3.20. The van der Waals surface area contributed by atoms with Crippen molar-refractivity contribution in [2.24, 2.45) is 0 Å². The van der Waals surface area contributed by atoms with Gasteiger partial charge in [0, 0.05) is 17.9 Å². The van der Waals surface area contributed by atoms with Gasteiger partial charge in [-0.15, -0.1) is 0 Å². The molecule has 0 aromatic heterocycles. The molecule has 108 valence electrons. The van der Waals surface area contributed by atoms with E-state index in [1.165, 1.54) is 12.1 Å². The van der Waals surface area contributed by atoms with Gasteiger partial charge in [0.1, 0.15) is 0 Å². The summed E-state index contributed by atoms with van der Waals surface area (Å²) in [6.45, 7) is 2.33. The monoisotopic (exact) mass is 286 g/mol. The van der Waals surface area contributed by atoms with Gasteiger partial charge in [-0.1, -0.05) is 0 Å². The fraction of sp³-hybridized carbons (Fsp3) is 0.417. The number of amides is 1. The van der Waals surface area contributed by atoms with Gasteiger partial charge >= 0.3 is 19.1 Å². The highest BCUT2D eigenvalue weighted by Crippen LogP contribution is 2.30. The number of nitrogens with zero attached hydrogens (tertiary/aromatic N) is 1. The summed E-state index contributed by atoms with van der Waals surface area (Å²) in [5.41, 5.74) is 1.71. The number of fused-ring (bicyclic) bond motifs is 1. The number of hydrogen-bond acceptors (Lipinski definition) is 3. The number of aryl methyl sites for hydroxylation is 1. The van der Waals surface area contributed by atoms with Gasteiger partial charge in [0.2, 0.25) is 0 Å². The number of hydrogen-bond donors (Lipinski definition) is 2. The molecule has 0 unspecified atom stereocenters. The van der Waals surface area contributed by atoms with E-state index >= 15 is 0 Å². The van der Waals surface area contributed by atoms with E-state index in [1.807, 2.05) is 5.32 Å². The van der Waals surface area contributed by atoms with Crippen molar-refractivity contribution in [2.45, 2.75) is 25.8 Å². The lowest BCUT2D eigenvalue weighted by Crippen LogP contribution is -2.40. The fourth-order valence-electron chi connectivity index (χ4n) is 2.29. The van der Waals surface area contributed by atoms with Crippen LogP contribution in [-0.2, 0) is 11.2 Å². The molecule has 1 aliphatic heterocycles. The molecule has 2 rings (SSSR count). The summed E-state index contributed by atoms with van der Waals surface area (Å²) in [6, 6.07) is 4.55. The highest BCUT2D eigenvalue weighted by atomic mass is 19.4. The molecule has 1 aromatic carbocycles. The van der Waals surface area contributed by atoms with Crippen LogP contribution in [0, 0.1) is 0 Å². The second kappa shape index (κ2) is 5.36. The summed E-state index contributed by atoms with van der Waals surface area (Å²) in [7, 11) is -0.662. The van der Waals surface area contributed by atoms with Gasteiger partial charge in [0.15, 0.2) is 0 Å². The maximum absolute atomic E-state index is 12.2. The minimum atomic E-state index is -4.90. The van der Waals surface area contributed by atoms with E-state index in [0.717, 1.165) is 17.7 Å². The van der Waals surface area contributed by atoms with E-state index in [2.05, 4.69) is 0 Å². The minimum Gasteiger partial charge on any atom is -0.432 e. The van der Waals surface area contributed by atoms with Gasteiger partial charge in [-0.3, -0.25) is 4.79 Å². The molecule has 8 heteroatoms. The Kier molecular flexibility index (Phi) is 3.94. The Labute approximate surface area is 114 Å². The largest absolute Gasteiger partial charge is 0.471 e. The highest BCUT2D eigenvalue weighted by molar-refractivity contribution is 6.53. The second-order valence-electron chi connectivity index (χ2n) is 4.72. The van der Waals surface area contributed by atoms with Crippen LogP contribution in [0.3, 0.4) is 0 Å². The molecular weight excluding hydrogens is 272 g/mol. The fourth-order valence-corrected chi connectivity index (χ4v) is 2.29. The van der Waals surface area contributed by atoms with Crippen LogP contribution in [-0.4, -0.2) is 30.7 Å². The van der Waals surface area contributed by atoms with Crippen LogP contribution in [0.2, 0.25) is 6.82 Å². The molecule has 4 nitrogen and oxygen atoms in total. The first kappa shape index (κ1) is 14.7. The van der Waals surface area contributed by atoms with Gasteiger partial charge in [-0.25, -0.2) is 0 Å². The van der Waals surface area contributed by atoms with Crippen LogP contribution in [0.1, 0.15) is 12.0 Å². The first-order valence-electron chi connectivity index (χ1n) is 6.25. The first-order chi connectivity index (χ1) is 9.29. The van der Waals surface area contributed by atoms with Crippen molar-refractivity contribution in [3.8, 4) is 0 Å². The van der Waals surface area contributed by atoms with E-state index in [9.17, 15) is 23.0 Å². The average Bonchev–Trinajstić information content (AvgIpc) is 2.36. The molecule has 0 aliphatic carbocycles. The third kappa shape index (κ3) is 3.06. The maximum Gasteiger partial charge on any atom is 0.471 e. The van der Waals surface area contributed by atoms with Crippen LogP contribution < -0.4 is 10.1 Å². The van der Waals surface area contributed by atoms with E-state index in [-0.39, 0.29) is 5.69 Å². The van der Waals surface area contributed by atoms with Crippen molar-refractivity contribution < 1.29 is 23.0 Å². The van der Waals surface area contributed by atoms with Crippen molar-refractivity contribution >= 4 is 24.3 Å². The van der Waals surface area contributed by atoms with Crippen molar-refractivity contribution in [2.75, 3.05) is 16.7 Å². The Balaban J connectivity index is 2.22. The Bertz CT molecular complexity index is 520. The molecule has 0 fully saturated rings. The summed E-state index contributed by atoms with van der Waals surface area (Å²) in [4.78, 5) is 12.7. The number of halogens is 3.